The Balaban J connectivity index is 1.80. The van der Waals surface area contributed by atoms with Crippen LogP contribution < -0.4 is 5.73 Å². The fourth-order valence-electron chi connectivity index (χ4n) is 2.34. The third-order valence-electron chi connectivity index (χ3n) is 3.68. The molecular weight excluding hydrogens is 262 g/mol. The lowest BCUT2D eigenvalue weighted by Crippen LogP contribution is -2.14. The predicted octanol–water partition coefficient (Wildman–Crippen LogP) is 3.48. The van der Waals surface area contributed by atoms with Gasteiger partial charge in [-0.1, -0.05) is 48.8 Å². The Bertz CT molecular complexity index is 522. The highest BCUT2D eigenvalue weighted by atomic mass is 16.5. The minimum Gasteiger partial charge on any atom is -0.339 e. The molecule has 0 fully saturated rings. The number of hydrogen-bond donors (Lipinski definition) is 1. The SMILES string of the molecule is CC(N)CCCC(C)c1nc(CCc2ccccc2)no1. The van der Waals surface area contributed by atoms with Crippen LogP contribution in [0.4, 0.5) is 0 Å². The lowest BCUT2D eigenvalue weighted by atomic mass is 10.0. The van der Waals surface area contributed by atoms with Gasteiger partial charge in [0.25, 0.3) is 0 Å². The molecule has 0 radical (unpaired) electrons. The maximum absolute atomic E-state index is 5.76. The van der Waals surface area contributed by atoms with Crippen molar-refractivity contribution in [1.82, 2.24) is 10.1 Å². The van der Waals surface area contributed by atoms with Gasteiger partial charge in [0.1, 0.15) is 0 Å². The van der Waals surface area contributed by atoms with Crippen LogP contribution >= 0.6 is 0 Å². The van der Waals surface area contributed by atoms with E-state index < -0.39 is 0 Å². The number of hydrogen-bond acceptors (Lipinski definition) is 4. The summed E-state index contributed by atoms with van der Waals surface area (Å²) in [5.74, 6) is 1.86. The number of nitrogens with two attached hydrogens (primary N) is 1. The first-order valence-corrected chi connectivity index (χ1v) is 7.77. The van der Waals surface area contributed by atoms with Crippen LogP contribution in [0.5, 0.6) is 0 Å². The monoisotopic (exact) mass is 287 g/mol. The van der Waals surface area contributed by atoms with E-state index in [1.54, 1.807) is 0 Å². The Morgan fingerprint density at radius 3 is 2.57 bits per heavy atom. The van der Waals surface area contributed by atoms with Gasteiger partial charge in [-0.25, -0.2) is 0 Å². The van der Waals surface area contributed by atoms with Gasteiger partial charge in [0.05, 0.1) is 0 Å². The fourth-order valence-corrected chi connectivity index (χ4v) is 2.34. The molecule has 1 aromatic heterocycles. The molecular formula is C17H25N3O. The highest BCUT2D eigenvalue weighted by Gasteiger charge is 2.14. The van der Waals surface area contributed by atoms with Crippen molar-refractivity contribution in [1.29, 1.82) is 0 Å². The molecule has 4 heteroatoms. The zero-order chi connectivity index (χ0) is 15.1. The lowest BCUT2D eigenvalue weighted by Gasteiger charge is -2.07. The topological polar surface area (TPSA) is 64.9 Å². The second-order valence-electron chi connectivity index (χ2n) is 5.84. The van der Waals surface area contributed by atoms with Crippen molar-refractivity contribution in [2.45, 2.75) is 57.9 Å². The highest BCUT2D eigenvalue weighted by Crippen LogP contribution is 2.20. The summed E-state index contributed by atoms with van der Waals surface area (Å²) in [6, 6.07) is 10.6. The van der Waals surface area contributed by atoms with E-state index in [4.69, 9.17) is 10.3 Å². The highest BCUT2D eigenvalue weighted by molar-refractivity contribution is 5.15. The molecule has 0 bridgehead atoms. The van der Waals surface area contributed by atoms with Crippen LogP contribution in [-0.4, -0.2) is 16.2 Å². The molecule has 2 atom stereocenters. The number of rotatable bonds is 8. The Kier molecular flexibility index (Phi) is 5.93. The van der Waals surface area contributed by atoms with Crippen LogP contribution in [0.15, 0.2) is 34.9 Å². The van der Waals surface area contributed by atoms with Crippen LogP contribution in [0.3, 0.4) is 0 Å². The lowest BCUT2D eigenvalue weighted by molar-refractivity contribution is 0.346. The van der Waals surface area contributed by atoms with E-state index in [9.17, 15) is 0 Å². The van der Waals surface area contributed by atoms with E-state index in [-0.39, 0.29) is 6.04 Å². The van der Waals surface area contributed by atoms with E-state index in [0.29, 0.717) is 5.92 Å². The zero-order valence-electron chi connectivity index (χ0n) is 13.0. The molecule has 2 unspecified atom stereocenters. The maximum Gasteiger partial charge on any atom is 0.229 e. The predicted molar refractivity (Wildman–Crippen MR) is 84.1 cm³/mol. The minimum atomic E-state index is 0.265. The van der Waals surface area contributed by atoms with Gasteiger partial charge >= 0.3 is 0 Å². The second-order valence-corrected chi connectivity index (χ2v) is 5.84. The number of benzene rings is 1. The average Bonchev–Trinajstić information content (AvgIpc) is 2.95. The van der Waals surface area contributed by atoms with Gasteiger partial charge in [0.2, 0.25) is 5.89 Å². The summed E-state index contributed by atoms with van der Waals surface area (Å²) in [6.07, 6.45) is 4.95. The molecule has 0 spiro atoms. The molecule has 0 aliphatic heterocycles. The van der Waals surface area contributed by atoms with Crippen LogP contribution in [-0.2, 0) is 12.8 Å². The first kappa shape index (κ1) is 15.7. The summed E-state index contributed by atoms with van der Waals surface area (Å²) in [4.78, 5) is 4.51. The van der Waals surface area contributed by atoms with Gasteiger partial charge < -0.3 is 10.3 Å². The summed E-state index contributed by atoms with van der Waals surface area (Å²) < 4.78 is 5.38. The van der Waals surface area contributed by atoms with Gasteiger partial charge in [-0.15, -0.1) is 0 Å². The van der Waals surface area contributed by atoms with Crippen molar-refractivity contribution < 1.29 is 4.52 Å². The van der Waals surface area contributed by atoms with Gasteiger partial charge in [-0.05, 0) is 31.7 Å². The molecule has 1 heterocycles. The normalized spacial score (nSPS) is 14.0. The molecule has 4 nitrogen and oxygen atoms in total. The van der Waals surface area contributed by atoms with E-state index >= 15 is 0 Å². The quantitative estimate of drug-likeness (QED) is 0.807. The molecule has 1 aromatic carbocycles. The van der Waals surface area contributed by atoms with Gasteiger partial charge in [0, 0.05) is 18.4 Å². The summed E-state index contributed by atoms with van der Waals surface area (Å²) in [7, 11) is 0. The average molecular weight is 287 g/mol. The summed E-state index contributed by atoms with van der Waals surface area (Å²) in [5.41, 5.74) is 7.06. The smallest absolute Gasteiger partial charge is 0.229 e. The zero-order valence-corrected chi connectivity index (χ0v) is 13.0. The van der Waals surface area contributed by atoms with Crippen molar-refractivity contribution in [2.75, 3.05) is 0 Å². The third-order valence-corrected chi connectivity index (χ3v) is 3.68. The van der Waals surface area contributed by atoms with Crippen molar-refractivity contribution in [2.24, 2.45) is 5.73 Å². The van der Waals surface area contributed by atoms with Crippen molar-refractivity contribution in [3.8, 4) is 0 Å². The summed E-state index contributed by atoms with van der Waals surface area (Å²) >= 11 is 0. The molecule has 0 saturated heterocycles. The first-order valence-electron chi connectivity index (χ1n) is 7.77. The van der Waals surface area contributed by atoms with E-state index in [1.165, 1.54) is 5.56 Å². The van der Waals surface area contributed by atoms with E-state index in [0.717, 1.165) is 43.8 Å². The molecule has 2 rings (SSSR count). The second kappa shape index (κ2) is 7.93. The molecule has 2 aromatic rings. The maximum atomic E-state index is 5.76. The molecule has 0 amide bonds. The van der Waals surface area contributed by atoms with Crippen molar-refractivity contribution in [3.05, 3.63) is 47.6 Å². The van der Waals surface area contributed by atoms with Gasteiger partial charge in [0.15, 0.2) is 5.82 Å². The standard InChI is InChI=1S/C17H25N3O/c1-13(7-6-8-14(2)18)17-19-16(20-21-17)12-11-15-9-4-3-5-10-15/h3-5,9-10,13-14H,6-8,11-12,18H2,1-2H3. The largest absolute Gasteiger partial charge is 0.339 e. The van der Waals surface area contributed by atoms with Gasteiger partial charge in [-0.3, -0.25) is 0 Å². The summed E-state index contributed by atoms with van der Waals surface area (Å²) in [5, 5.41) is 4.08. The Hall–Kier alpha value is -1.68. The van der Waals surface area contributed by atoms with Crippen molar-refractivity contribution >= 4 is 0 Å². The first-order chi connectivity index (χ1) is 10.1. The Labute approximate surface area is 126 Å². The number of aromatic nitrogens is 2. The molecule has 0 aliphatic carbocycles. The minimum absolute atomic E-state index is 0.265. The van der Waals surface area contributed by atoms with Gasteiger partial charge in [-0.2, -0.15) is 4.98 Å². The number of aryl methyl sites for hydroxylation is 2. The molecule has 0 aliphatic rings. The molecule has 0 saturated carbocycles. The van der Waals surface area contributed by atoms with E-state index in [2.05, 4.69) is 41.3 Å². The van der Waals surface area contributed by atoms with E-state index in [1.807, 2.05) is 13.0 Å². The number of nitrogens with zero attached hydrogens (tertiary/aromatic N) is 2. The van der Waals surface area contributed by atoms with Crippen LogP contribution in [0.2, 0.25) is 0 Å². The Morgan fingerprint density at radius 1 is 1.10 bits per heavy atom. The third kappa shape index (κ3) is 5.31. The van der Waals surface area contributed by atoms with Crippen LogP contribution in [0.1, 0.15) is 56.3 Å². The Morgan fingerprint density at radius 2 is 1.86 bits per heavy atom. The fraction of sp³-hybridized carbons (Fsp3) is 0.529. The molecule has 114 valence electrons. The van der Waals surface area contributed by atoms with Crippen LogP contribution in [0.25, 0.3) is 0 Å². The van der Waals surface area contributed by atoms with Crippen molar-refractivity contribution in [3.63, 3.8) is 0 Å². The molecule has 2 N–H and O–H groups in total. The van der Waals surface area contributed by atoms with Crippen LogP contribution in [0, 0.1) is 0 Å². The summed E-state index contributed by atoms with van der Waals surface area (Å²) in [6.45, 7) is 4.18. The molecule has 21 heavy (non-hydrogen) atoms.